The molecule has 26 heavy (non-hydrogen) atoms. The number of nitrogens with zero attached hydrogens (tertiary/aromatic N) is 2. The Morgan fingerprint density at radius 1 is 1.12 bits per heavy atom. The highest BCUT2D eigenvalue weighted by atomic mass is 32.7. The van der Waals surface area contributed by atoms with E-state index in [-0.39, 0.29) is 11.9 Å². The lowest BCUT2D eigenvalue weighted by Gasteiger charge is -2.34. The molecule has 0 aromatic carbocycles. The summed E-state index contributed by atoms with van der Waals surface area (Å²) in [4.78, 5) is 17.1. The van der Waals surface area contributed by atoms with Gasteiger partial charge in [-0.05, 0) is 54.6 Å². The number of hydrogen-bond donors (Lipinski definition) is 0. The number of carbonyl (C=O) groups is 1. The number of esters is 1. The summed E-state index contributed by atoms with van der Waals surface area (Å²) in [5.74, 6) is -0.352. The number of carbonyl (C=O) groups excluding carboxylic acids is 1. The molecule has 1 atom stereocenters. The van der Waals surface area contributed by atoms with E-state index in [1.807, 2.05) is 13.8 Å². The molecule has 0 aromatic rings. The van der Waals surface area contributed by atoms with Crippen LogP contribution in [0.1, 0.15) is 41.0 Å². The predicted octanol–water partition coefficient (Wildman–Crippen LogP) is 3.45. The van der Waals surface area contributed by atoms with Gasteiger partial charge in [-0.25, -0.2) is 4.57 Å². The van der Waals surface area contributed by atoms with Gasteiger partial charge in [0.2, 0.25) is 0 Å². The second kappa shape index (κ2) is 9.89. The fraction of sp³-hybridized carbons (Fsp3) is 0.941. The molecule has 1 unspecified atom stereocenters. The minimum atomic E-state index is -3.35. The summed E-state index contributed by atoms with van der Waals surface area (Å²) < 4.78 is 28.3. The van der Waals surface area contributed by atoms with Gasteiger partial charge in [-0.15, -0.1) is 0 Å². The summed E-state index contributed by atoms with van der Waals surface area (Å²) in [6.07, 6.45) is 0.723. The van der Waals surface area contributed by atoms with Crippen molar-refractivity contribution in [1.29, 1.82) is 0 Å². The third-order valence-corrected chi connectivity index (χ3v) is 7.91. The maximum atomic E-state index is 12.5. The fourth-order valence-electron chi connectivity index (χ4n) is 2.40. The van der Waals surface area contributed by atoms with Crippen molar-refractivity contribution in [3.05, 3.63) is 0 Å². The summed E-state index contributed by atoms with van der Waals surface area (Å²) in [6.45, 7) is 10.9. The van der Waals surface area contributed by atoms with Gasteiger partial charge >= 0.3 is 12.8 Å². The Morgan fingerprint density at radius 2 is 1.69 bits per heavy atom. The van der Waals surface area contributed by atoms with Crippen LogP contribution in [0.15, 0.2) is 0 Å². The van der Waals surface area contributed by atoms with Crippen molar-refractivity contribution in [2.24, 2.45) is 5.41 Å². The Kier molecular flexibility index (Phi) is 9.11. The monoisotopic (exact) mass is 410 g/mol. The average Bonchev–Trinajstić information content (AvgIpc) is 2.52. The summed E-state index contributed by atoms with van der Waals surface area (Å²) in [5, 5.41) is 0. The van der Waals surface area contributed by atoms with E-state index in [1.165, 1.54) is 7.11 Å². The quantitative estimate of drug-likeness (QED) is 0.325. The van der Waals surface area contributed by atoms with Crippen LogP contribution in [-0.4, -0.2) is 74.2 Å². The van der Waals surface area contributed by atoms with E-state index in [0.717, 1.165) is 50.5 Å². The van der Waals surface area contributed by atoms with Crippen molar-refractivity contribution in [3.8, 4) is 0 Å². The van der Waals surface area contributed by atoms with Crippen LogP contribution in [0, 0.1) is 5.41 Å². The Balaban J connectivity index is 2.41. The molecule has 0 amide bonds. The van der Waals surface area contributed by atoms with Gasteiger partial charge in [0.1, 0.15) is 5.94 Å². The lowest BCUT2D eigenvalue weighted by atomic mass is 9.89. The fourth-order valence-corrected chi connectivity index (χ4v) is 5.29. The third kappa shape index (κ3) is 8.72. The van der Waals surface area contributed by atoms with Gasteiger partial charge in [0, 0.05) is 44.7 Å². The minimum Gasteiger partial charge on any atom is -0.454 e. The zero-order chi connectivity index (χ0) is 20.0. The second-order valence-electron chi connectivity index (χ2n) is 8.29. The molecule has 1 fully saturated rings. The summed E-state index contributed by atoms with van der Waals surface area (Å²) in [5.41, 5.74) is -1.20. The molecule has 0 aromatic heterocycles. The highest BCUT2D eigenvalue weighted by Crippen LogP contribution is 2.62. The minimum absolute atomic E-state index is 0.0576. The SMILES string of the molecule is COP(=O)(OC(C)(C)C)SCOC(=O)C(C)(C)CCN1CCN(C)CC1. The second-order valence-corrected chi connectivity index (χ2v) is 12.3. The van der Waals surface area contributed by atoms with E-state index in [9.17, 15) is 9.36 Å². The summed E-state index contributed by atoms with van der Waals surface area (Å²) in [7, 11) is 3.46. The molecule has 1 heterocycles. The lowest BCUT2D eigenvalue weighted by molar-refractivity contribution is -0.152. The van der Waals surface area contributed by atoms with Crippen LogP contribution in [-0.2, 0) is 23.1 Å². The molecule has 1 aliphatic rings. The Labute approximate surface area is 162 Å². The number of rotatable bonds is 9. The molecule has 0 saturated carbocycles. The highest BCUT2D eigenvalue weighted by molar-refractivity contribution is 8.55. The van der Waals surface area contributed by atoms with Crippen molar-refractivity contribution >= 4 is 24.1 Å². The van der Waals surface area contributed by atoms with E-state index < -0.39 is 17.8 Å². The van der Waals surface area contributed by atoms with E-state index in [0.29, 0.717) is 0 Å². The molecule has 0 N–H and O–H groups in total. The molecular formula is C17H35N2O5PS. The third-order valence-electron chi connectivity index (χ3n) is 4.21. The molecule has 1 saturated heterocycles. The maximum Gasteiger partial charge on any atom is 0.392 e. The predicted molar refractivity (Wildman–Crippen MR) is 106 cm³/mol. The van der Waals surface area contributed by atoms with Gasteiger partial charge < -0.3 is 19.1 Å². The first-order valence-corrected chi connectivity index (χ1v) is 12.1. The van der Waals surface area contributed by atoms with Crippen molar-refractivity contribution in [2.45, 2.75) is 46.6 Å². The van der Waals surface area contributed by atoms with Gasteiger partial charge in [0.05, 0.1) is 11.0 Å². The summed E-state index contributed by atoms with van der Waals surface area (Å²) in [6, 6.07) is 0. The molecule has 0 spiro atoms. The Morgan fingerprint density at radius 3 is 2.19 bits per heavy atom. The lowest BCUT2D eigenvalue weighted by Crippen LogP contribution is -2.45. The average molecular weight is 411 g/mol. The van der Waals surface area contributed by atoms with E-state index in [1.54, 1.807) is 20.8 Å². The van der Waals surface area contributed by atoms with Crippen LogP contribution in [0.5, 0.6) is 0 Å². The van der Waals surface area contributed by atoms with Gasteiger partial charge in [0.25, 0.3) is 0 Å². The van der Waals surface area contributed by atoms with Crippen molar-refractivity contribution < 1.29 is 23.1 Å². The van der Waals surface area contributed by atoms with E-state index in [2.05, 4.69) is 16.8 Å². The van der Waals surface area contributed by atoms with Gasteiger partial charge in [-0.1, -0.05) is 0 Å². The standard InChI is InChI=1S/C17H35N2O5PS/c1-16(2,3)24-25(21,22-7)26-14-23-15(20)17(4,5)8-9-19-12-10-18(6)11-13-19/h8-14H2,1-7H3. The molecule has 0 bridgehead atoms. The number of likely N-dealkylation sites (N-methyl/N-ethyl adjacent to an activating group) is 1. The molecule has 0 aliphatic carbocycles. The van der Waals surface area contributed by atoms with Crippen LogP contribution in [0.4, 0.5) is 0 Å². The highest BCUT2D eigenvalue weighted by Gasteiger charge is 2.34. The van der Waals surface area contributed by atoms with E-state index in [4.69, 9.17) is 13.8 Å². The molecule has 1 rings (SSSR count). The van der Waals surface area contributed by atoms with Crippen molar-refractivity contribution in [1.82, 2.24) is 9.80 Å². The van der Waals surface area contributed by atoms with Crippen LogP contribution in [0.3, 0.4) is 0 Å². The molecule has 7 nitrogen and oxygen atoms in total. The first-order valence-electron chi connectivity index (χ1n) is 8.96. The maximum absolute atomic E-state index is 12.5. The summed E-state index contributed by atoms with van der Waals surface area (Å²) >= 11 is 0.894. The number of piperazine rings is 1. The van der Waals surface area contributed by atoms with Crippen LogP contribution in [0.25, 0.3) is 0 Å². The van der Waals surface area contributed by atoms with Crippen LogP contribution in [0.2, 0.25) is 0 Å². The first kappa shape index (κ1) is 23.9. The molecule has 154 valence electrons. The van der Waals surface area contributed by atoms with Gasteiger partial charge in [0.15, 0.2) is 0 Å². The van der Waals surface area contributed by atoms with Gasteiger partial charge in [-0.2, -0.15) is 0 Å². The normalized spacial score (nSPS) is 20.0. The molecule has 1 aliphatic heterocycles. The topological polar surface area (TPSA) is 68.3 Å². The van der Waals surface area contributed by atoms with E-state index >= 15 is 0 Å². The molecule has 9 heteroatoms. The molecule has 0 radical (unpaired) electrons. The zero-order valence-corrected chi connectivity index (χ0v) is 19.0. The van der Waals surface area contributed by atoms with Crippen molar-refractivity contribution in [3.63, 3.8) is 0 Å². The Bertz CT molecular complexity index is 502. The van der Waals surface area contributed by atoms with Crippen LogP contribution >= 0.6 is 18.2 Å². The number of hydrogen-bond acceptors (Lipinski definition) is 8. The largest absolute Gasteiger partial charge is 0.454 e. The smallest absolute Gasteiger partial charge is 0.392 e. The van der Waals surface area contributed by atoms with Crippen LogP contribution < -0.4 is 0 Å². The van der Waals surface area contributed by atoms with Crippen molar-refractivity contribution in [2.75, 3.05) is 52.8 Å². The molecular weight excluding hydrogens is 375 g/mol. The Hall–Kier alpha value is -0.110. The first-order chi connectivity index (χ1) is 11.9. The number of ether oxygens (including phenoxy) is 1. The van der Waals surface area contributed by atoms with Gasteiger partial charge in [-0.3, -0.25) is 9.32 Å². The zero-order valence-electron chi connectivity index (χ0n) is 17.2.